The van der Waals surface area contributed by atoms with Gasteiger partial charge in [0.05, 0.1) is 22.2 Å². The summed E-state index contributed by atoms with van der Waals surface area (Å²) in [6.07, 6.45) is 0. The molecular weight excluding hydrogens is 506 g/mol. The van der Waals surface area contributed by atoms with E-state index in [2.05, 4.69) is 120 Å². The molecule has 3 aromatic heterocycles. The van der Waals surface area contributed by atoms with E-state index in [1.54, 1.807) is 0 Å². The summed E-state index contributed by atoms with van der Waals surface area (Å²) < 4.78 is 4.90. The second-order valence-electron chi connectivity index (χ2n) is 10.2. The van der Waals surface area contributed by atoms with E-state index in [0.29, 0.717) is 5.95 Å². The molecule has 40 heavy (non-hydrogen) atoms. The first-order valence-electron chi connectivity index (χ1n) is 13.4. The SMILES string of the molecule is c1ccc(-c2nc(-n3c4ccccc4c4ccc5c(ccc6sc7ccccc7c65)c43)nc3ccccc23)cc1. The number of benzene rings is 6. The molecule has 0 unspecified atom stereocenters. The van der Waals surface area contributed by atoms with E-state index in [9.17, 15) is 0 Å². The fourth-order valence-corrected chi connectivity index (χ4v) is 7.40. The molecule has 0 radical (unpaired) electrons. The van der Waals surface area contributed by atoms with Gasteiger partial charge < -0.3 is 0 Å². The first-order chi connectivity index (χ1) is 19.8. The zero-order chi connectivity index (χ0) is 26.2. The lowest BCUT2D eigenvalue weighted by molar-refractivity contribution is 1.02. The van der Waals surface area contributed by atoms with Crippen molar-refractivity contribution in [1.82, 2.24) is 14.5 Å². The van der Waals surface area contributed by atoms with E-state index in [1.807, 2.05) is 23.5 Å². The molecule has 0 aliphatic carbocycles. The third-order valence-electron chi connectivity index (χ3n) is 8.01. The summed E-state index contributed by atoms with van der Waals surface area (Å²) in [5.41, 5.74) is 5.21. The molecule has 3 nitrogen and oxygen atoms in total. The van der Waals surface area contributed by atoms with Gasteiger partial charge in [-0.05, 0) is 29.7 Å². The summed E-state index contributed by atoms with van der Waals surface area (Å²) in [6, 6.07) is 45.2. The van der Waals surface area contributed by atoms with Crippen molar-refractivity contribution in [3.8, 4) is 17.2 Å². The van der Waals surface area contributed by atoms with Crippen LogP contribution in [-0.4, -0.2) is 14.5 Å². The minimum absolute atomic E-state index is 0.687. The van der Waals surface area contributed by atoms with Crippen molar-refractivity contribution in [2.24, 2.45) is 0 Å². The monoisotopic (exact) mass is 527 g/mol. The van der Waals surface area contributed by atoms with Crippen molar-refractivity contribution in [1.29, 1.82) is 0 Å². The lowest BCUT2D eigenvalue weighted by Crippen LogP contribution is -2.03. The highest BCUT2D eigenvalue weighted by molar-refractivity contribution is 7.26. The minimum Gasteiger partial charge on any atom is -0.277 e. The predicted molar refractivity (Wildman–Crippen MR) is 170 cm³/mol. The van der Waals surface area contributed by atoms with Crippen molar-refractivity contribution < 1.29 is 0 Å². The largest absolute Gasteiger partial charge is 0.277 e. The molecule has 186 valence electrons. The van der Waals surface area contributed by atoms with Crippen LogP contribution in [0.5, 0.6) is 0 Å². The van der Waals surface area contributed by atoms with E-state index in [1.165, 1.54) is 41.7 Å². The first-order valence-corrected chi connectivity index (χ1v) is 14.3. The summed E-state index contributed by atoms with van der Waals surface area (Å²) in [6.45, 7) is 0. The molecule has 9 rings (SSSR count). The number of hydrogen-bond donors (Lipinski definition) is 0. The minimum atomic E-state index is 0.687. The molecule has 9 aromatic rings. The van der Waals surface area contributed by atoms with Crippen LogP contribution in [-0.2, 0) is 0 Å². The van der Waals surface area contributed by atoms with Gasteiger partial charge in [0, 0.05) is 47.3 Å². The van der Waals surface area contributed by atoms with Crippen LogP contribution in [0.1, 0.15) is 0 Å². The van der Waals surface area contributed by atoms with Gasteiger partial charge in [0.2, 0.25) is 5.95 Å². The summed E-state index contributed by atoms with van der Waals surface area (Å²) in [5.74, 6) is 0.687. The molecule has 0 fully saturated rings. The van der Waals surface area contributed by atoms with Gasteiger partial charge in [0.1, 0.15) is 0 Å². The summed E-state index contributed by atoms with van der Waals surface area (Å²) in [7, 11) is 0. The number of para-hydroxylation sites is 2. The van der Waals surface area contributed by atoms with Gasteiger partial charge in [0.25, 0.3) is 0 Å². The molecule has 0 aliphatic heterocycles. The Balaban J connectivity index is 1.47. The molecular formula is C36H21N3S. The Labute approximate surface area is 233 Å². The topological polar surface area (TPSA) is 30.7 Å². The van der Waals surface area contributed by atoms with Crippen molar-refractivity contribution in [2.45, 2.75) is 0 Å². The van der Waals surface area contributed by atoms with Gasteiger partial charge in [-0.2, -0.15) is 0 Å². The Morgan fingerprint density at radius 2 is 1.15 bits per heavy atom. The fraction of sp³-hybridized carbons (Fsp3) is 0. The maximum Gasteiger partial charge on any atom is 0.235 e. The Kier molecular flexibility index (Phi) is 4.48. The van der Waals surface area contributed by atoms with E-state index in [-0.39, 0.29) is 0 Å². The number of thiophene rings is 1. The zero-order valence-electron chi connectivity index (χ0n) is 21.4. The van der Waals surface area contributed by atoms with Crippen LogP contribution in [0.15, 0.2) is 127 Å². The van der Waals surface area contributed by atoms with Crippen LogP contribution in [0, 0.1) is 0 Å². The predicted octanol–water partition coefficient (Wildman–Crippen LogP) is 9.91. The van der Waals surface area contributed by atoms with E-state index < -0.39 is 0 Å². The van der Waals surface area contributed by atoms with Crippen LogP contribution in [0.2, 0.25) is 0 Å². The second-order valence-corrected chi connectivity index (χ2v) is 11.3. The quantitative estimate of drug-likeness (QED) is 0.224. The van der Waals surface area contributed by atoms with Gasteiger partial charge in [-0.25, -0.2) is 9.97 Å². The average molecular weight is 528 g/mol. The normalized spacial score (nSPS) is 12.0. The van der Waals surface area contributed by atoms with Gasteiger partial charge in [-0.15, -0.1) is 11.3 Å². The van der Waals surface area contributed by atoms with E-state index in [4.69, 9.17) is 9.97 Å². The van der Waals surface area contributed by atoms with Crippen LogP contribution >= 0.6 is 11.3 Å². The lowest BCUT2D eigenvalue weighted by atomic mass is 10.0. The van der Waals surface area contributed by atoms with Crippen LogP contribution in [0.25, 0.3) is 80.9 Å². The third kappa shape index (κ3) is 2.99. The smallest absolute Gasteiger partial charge is 0.235 e. The number of rotatable bonds is 2. The number of fused-ring (bicyclic) bond motifs is 10. The molecule has 4 heteroatoms. The second kappa shape index (κ2) is 8.22. The third-order valence-corrected chi connectivity index (χ3v) is 9.14. The molecule has 0 bridgehead atoms. The molecule has 0 aliphatic rings. The van der Waals surface area contributed by atoms with Gasteiger partial charge in [-0.1, -0.05) is 103 Å². The van der Waals surface area contributed by atoms with Crippen molar-refractivity contribution in [3.63, 3.8) is 0 Å². The van der Waals surface area contributed by atoms with Crippen molar-refractivity contribution >= 4 is 75.0 Å². The Hall–Kier alpha value is -5.06. The first kappa shape index (κ1) is 21.8. The number of hydrogen-bond acceptors (Lipinski definition) is 3. The molecule has 0 spiro atoms. The maximum absolute atomic E-state index is 5.28. The average Bonchev–Trinajstić information content (AvgIpc) is 3.57. The summed E-state index contributed by atoms with van der Waals surface area (Å²) in [5, 5.41) is 8.56. The van der Waals surface area contributed by atoms with E-state index >= 15 is 0 Å². The van der Waals surface area contributed by atoms with Crippen LogP contribution in [0.4, 0.5) is 0 Å². The number of nitrogens with zero attached hydrogens (tertiary/aromatic N) is 3. The molecule has 0 atom stereocenters. The van der Waals surface area contributed by atoms with Gasteiger partial charge in [-0.3, -0.25) is 4.57 Å². The fourth-order valence-electron chi connectivity index (χ4n) is 6.28. The van der Waals surface area contributed by atoms with Crippen LogP contribution < -0.4 is 0 Å². The van der Waals surface area contributed by atoms with Gasteiger partial charge in [0.15, 0.2) is 0 Å². The molecule has 6 aromatic carbocycles. The van der Waals surface area contributed by atoms with Crippen molar-refractivity contribution in [2.75, 3.05) is 0 Å². The lowest BCUT2D eigenvalue weighted by Gasteiger charge is -2.13. The Bertz CT molecular complexity index is 2430. The zero-order valence-corrected chi connectivity index (χ0v) is 22.2. The van der Waals surface area contributed by atoms with Gasteiger partial charge >= 0.3 is 0 Å². The Morgan fingerprint density at radius 1 is 0.475 bits per heavy atom. The highest BCUT2D eigenvalue weighted by Crippen LogP contribution is 2.43. The van der Waals surface area contributed by atoms with Crippen LogP contribution in [0.3, 0.4) is 0 Å². The molecule has 0 saturated heterocycles. The summed E-state index contributed by atoms with van der Waals surface area (Å²) in [4.78, 5) is 10.4. The molecule has 0 amide bonds. The van der Waals surface area contributed by atoms with Crippen molar-refractivity contribution in [3.05, 3.63) is 127 Å². The maximum atomic E-state index is 5.28. The highest BCUT2D eigenvalue weighted by atomic mass is 32.1. The Morgan fingerprint density at radius 3 is 2.05 bits per heavy atom. The standard InChI is InChI=1S/C36H21N3S/c1-2-10-22(11-3-1)34-27-13-4-7-15-29(27)37-36(38-34)39-30-16-8-5-12-23(30)25-19-18-24-26(35(25)39)20-21-32-33(24)28-14-6-9-17-31(28)40-32/h1-21H. The number of aromatic nitrogens is 3. The molecule has 0 saturated carbocycles. The summed E-state index contributed by atoms with van der Waals surface area (Å²) >= 11 is 1.86. The highest BCUT2D eigenvalue weighted by Gasteiger charge is 2.20. The molecule has 3 heterocycles. The molecule has 0 N–H and O–H groups in total. The van der Waals surface area contributed by atoms with E-state index in [0.717, 1.165) is 33.2 Å².